The van der Waals surface area contributed by atoms with E-state index in [0.717, 1.165) is 0 Å². The van der Waals surface area contributed by atoms with Gasteiger partial charge < -0.3 is 0 Å². The summed E-state index contributed by atoms with van der Waals surface area (Å²) in [4.78, 5) is 1.49. The number of thioether (sulfide) groups is 1. The Morgan fingerprint density at radius 2 is 1.89 bits per heavy atom. The van der Waals surface area contributed by atoms with Gasteiger partial charge in [0.1, 0.15) is 0 Å². The number of rotatable bonds is 4. The van der Waals surface area contributed by atoms with Gasteiger partial charge in [-0.25, -0.2) is 0 Å². The van der Waals surface area contributed by atoms with Gasteiger partial charge in [0.05, 0.1) is 0 Å². The fourth-order valence-electron chi connectivity index (χ4n) is 2.58. The summed E-state index contributed by atoms with van der Waals surface area (Å²) in [5.74, 6) is 0. The van der Waals surface area contributed by atoms with Crippen LogP contribution in [0.5, 0.6) is 0 Å². The second-order valence-electron chi connectivity index (χ2n) is 5.79. The van der Waals surface area contributed by atoms with Gasteiger partial charge in [0, 0.05) is 0 Å². The molecule has 0 aromatic heterocycles. The third-order valence-corrected chi connectivity index (χ3v) is 10.5. The molecule has 2 rings (SSSR count). The minimum atomic E-state index is -1.53. The molecule has 0 N–H and O–H groups in total. The zero-order valence-corrected chi connectivity index (χ0v) is 16.8. The Kier molecular flexibility index (Phi) is 5.07. The van der Waals surface area contributed by atoms with Crippen molar-refractivity contribution in [2.45, 2.75) is 43.5 Å². The van der Waals surface area contributed by atoms with Crippen molar-refractivity contribution < 1.29 is 0 Å². The van der Waals surface area contributed by atoms with E-state index in [4.69, 9.17) is 0 Å². The van der Waals surface area contributed by atoms with Gasteiger partial charge in [0.15, 0.2) is 0 Å². The first kappa shape index (κ1) is 15.5. The van der Waals surface area contributed by atoms with Crippen molar-refractivity contribution in [3.05, 3.63) is 45.2 Å². The van der Waals surface area contributed by atoms with Gasteiger partial charge in [-0.2, -0.15) is 0 Å². The normalized spacial score (nSPS) is 15.7. The van der Waals surface area contributed by atoms with Gasteiger partial charge >= 0.3 is 136 Å². The van der Waals surface area contributed by atoms with E-state index in [1.807, 2.05) is 11.8 Å². The molecule has 0 nitrogen and oxygen atoms in total. The van der Waals surface area contributed by atoms with Crippen LogP contribution in [-0.2, 0) is 0 Å². The van der Waals surface area contributed by atoms with Crippen LogP contribution in [-0.4, -0.2) is 35.8 Å². The molecular formula is C16H21SSiSn. The Balaban J connectivity index is 2.46. The predicted molar refractivity (Wildman–Crippen MR) is 91.1 cm³/mol. The summed E-state index contributed by atoms with van der Waals surface area (Å²) >= 11 is 3.60. The van der Waals surface area contributed by atoms with Crippen molar-refractivity contribution in [3.8, 4) is 0 Å². The maximum absolute atomic E-state index is 2.50. The molecule has 0 spiro atoms. The monoisotopic (exact) mass is 393 g/mol. The van der Waals surface area contributed by atoms with Crippen molar-refractivity contribution >= 4 is 47.5 Å². The number of hydrogen-bond donors (Lipinski definition) is 0. The number of hydrogen-bond acceptors (Lipinski definition) is 1. The van der Waals surface area contributed by atoms with Crippen molar-refractivity contribution in [1.82, 2.24) is 0 Å². The van der Waals surface area contributed by atoms with E-state index < -0.39 is 8.07 Å². The molecule has 0 aliphatic heterocycles. The fraction of sp³-hybridized carbons (Fsp3) is 0.375. The molecule has 3 heteroatoms. The quantitative estimate of drug-likeness (QED) is 0.551. The maximum atomic E-state index is 2.50. The van der Waals surface area contributed by atoms with E-state index in [-0.39, 0.29) is 0 Å². The van der Waals surface area contributed by atoms with Crippen molar-refractivity contribution in [3.63, 3.8) is 0 Å². The first-order valence-corrected chi connectivity index (χ1v) is 12.1. The molecule has 0 saturated carbocycles. The summed E-state index contributed by atoms with van der Waals surface area (Å²) in [5.41, 5.74) is 0. The van der Waals surface area contributed by atoms with Gasteiger partial charge in [0.2, 0.25) is 0 Å². The average molecular weight is 392 g/mol. The van der Waals surface area contributed by atoms with Crippen molar-refractivity contribution in [2.75, 3.05) is 0 Å². The zero-order valence-electron chi connectivity index (χ0n) is 12.2. The molecule has 0 fully saturated rings. The van der Waals surface area contributed by atoms with Crippen LogP contribution in [0.2, 0.25) is 13.1 Å². The summed E-state index contributed by atoms with van der Waals surface area (Å²) in [6.07, 6.45) is 5.92. The second kappa shape index (κ2) is 6.23. The summed E-state index contributed by atoms with van der Waals surface area (Å²) in [5, 5.41) is 3.92. The van der Waals surface area contributed by atoms with Crippen LogP contribution < -0.4 is 5.19 Å². The van der Waals surface area contributed by atoms with Gasteiger partial charge in [-0.15, -0.1) is 0 Å². The predicted octanol–water partition coefficient (Wildman–Crippen LogP) is 4.02. The molecule has 0 amide bonds. The molecule has 19 heavy (non-hydrogen) atoms. The fourth-order valence-corrected chi connectivity index (χ4v) is 10.5. The topological polar surface area (TPSA) is 0 Å². The third-order valence-electron chi connectivity index (χ3n) is 3.53. The van der Waals surface area contributed by atoms with Crippen LogP contribution in [0.15, 0.2) is 50.1 Å². The van der Waals surface area contributed by atoms with E-state index in [9.17, 15) is 0 Å². The average Bonchev–Trinajstić information content (AvgIpc) is 2.76. The molecule has 0 heterocycles. The molecule has 0 bridgehead atoms. The Morgan fingerprint density at radius 3 is 2.47 bits per heavy atom. The molecule has 0 atom stereocenters. The third kappa shape index (κ3) is 3.39. The minimum absolute atomic E-state index is 0.645. The number of benzene rings is 1. The van der Waals surface area contributed by atoms with E-state index in [2.05, 4.69) is 63.4 Å². The van der Waals surface area contributed by atoms with E-state index >= 15 is 0 Å². The summed E-state index contributed by atoms with van der Waals surface area (Å²) in [6, 6.07) is 9.04. The molecule has 0 unspecified atom stereocenters. The second-order valence-corrected chi connectivity index (χ2v) is 13.5. The Bertz CT molecular complexity index is 529. The molecule has 99 valence electrons. The summed E-state index contributed by atoms with van der Waals surface area (Å²) in [6.45, 7) is 9.56. The Morgan fingerprint density at radius 1 is 1.21 bits per heavy atom. The van der Waals surface area contributed by atoms with Gasteiger partial charge in [-0.05, 0) is 0 Å². The summed E-state index contributed by atoms with van der Waals surface area (Å²) in [7, 11) is -1.53. The van der Waals surface area contributed by atoms with Crippen LogP contribution in [0.25, 0.3) is 0 Å². The zero-order chi connectivity index (χ0) is 14.0. The van der Waals surface area contributed by atoms with Crippen molar-refractivity contribution in [1.29, 1.82) is 0 Å². The first-order valence-electron chi connectivity index (χ1n) is 6.81. The molecule has 1 aromatic rings. The summed E-state index contributed by atoms with van der Waals surface area (Å²) < 4.78 is 1.66. The Hall–Kier alpha value is 0.0656. The molecule has 1 aliphatic carbocycles. The van der Waals surface area contributed by atoms with Crippen LogP contribution >= 0.6 is 11.8 Å². The van der Waals surface area contributed by atoms with Crippen molar-refractivity contribution in [2.24, 2.45) is 0 Å². The molecular weight excluding hydrogens is 371 g/mol. The van der Waals surface area contributed by atoms with E-state index in [1.165, 1.54) is 11.3 Å². The molecule has 1 aromatic carbocycles. The molecule has 1 aliphatic rings. The van der Waals surface area contributed by atoms with Gasteiger partial charge in [-0.3, -0.25) is 0 Å². The standard InChI is InChI=1S/C16H21SSi.Sn/c1-13(2)17-15-11-7-8-12-16(15)18(3,4)14-9-5-6-10-14;/h5,7-9,11-13H,6H2,1-4H3;. The van der Waals surface area contributed by atoms with Crippen LogP contribution in [0.4, 0.5) is 0 Å². The van der Waals surface area contributed by atoms with Gasteiger partial charge in [-0.1, -0.05) is 0 Å². The molecule has 0 saturated heterocycles. The molecule has 3 radical (unpaired) electrons. The van der Waals surface area contributed by atoms with E-state index in [0.29, 0.717) is 5.25 Å². The number of allylic oxidation sites excluding steroid dienone is 4. The van der Waals surface area contributed by atoms with Crippen LogP contribution in [0.3, 0.4) is 0 Å². The Labute approximate surface area is 135 Å². The van der Waals surface area contributed by atoms with E-state index in [1.54, 1.807) is 36.5 Å². The van der Waals surface area contributed by atoms with Gasteiger partial charge in [0.25, 0.3) is 0 Å². The first-order chi connectivity index (χ1) is 8.93. The SMILES string of the molecule is CC(C)Sc1ccccc1[Si](C)(C)C1=[C]([Sn])CC=C1. The van der Waals surface area contributed by atoms with Crippen LogP contribution in [0, 0.1) is 0 Å². The van der Waals surface area contributed by atoms with Crippen LogP contribution in [0.1, 0.15) is 20.3 Å².